The highest BCUT2D eigenvalue weighted by Crippen LogP contribution is 2.25. The molecule has 0 saturated heterocycles. The zero-order valence-electron chi connectivity index (χ0n) is 11.6. The summed E-state index contributed by atoms with van der Waals surface area (Å²) in [6, 6.07) is 15.3. The first-order valence-electron chi connectivity index (χ1n) is 6.71. The van der Waals surface area contributed by atoms with Crippen LogP contribution in [0.25, 0.3) is 11.3 Å². The first-order valence-corrected chi connectivity index (χ1v) is 7.34. The molecule has 22 heavy (non-hydrogen) atoms. The van der Waals surface area contributed by atoms with Crippen LogP contribution in [0.15, 0.2) is 60.8 Å². The largest absolute Gasteiger partial charge is 0.457 e. The number of benzene rings is 2. The van der Waals surface area contributed by atoms with Gasteiger partial charge < -0.3 is 4.74 Å². The van der Waals surface area contributed by atoms with E-state index in [1.807, 2.05) is 30.3 Å². The summed E-state index contributed by atoms with van der Waals surface area (Å²) in [5.41, 5.74) is 1.81. The van der Waals surface area contributed by atoms with Gasteiger partial charge in [0.25, 0.3) is 0 Å². The van der Waals surface area contributed by atoms with E-state index in [0.717, 1.165) is 11.3 Å². The molecule has 3 nitrogen and oxygen atoms in total. The van der Waals surface area contributed by atoms with Crippen LogP contribution in [-0.2, 0) is 5.75 Å². The first-order chi connectivity index (χ1) is 10.7. The summed E-state index contributed by atoms with van der Waals surface area (Å²) in [5.74, 6) is 2.17. The van der Waals surface area contributed by atoms with Crippen LogP contribution in [0.1, 0.15) is 5.82 Å². The zero-order chi connectivity index (χ0) is 15.4. The Morgan fingerprint density at radius 3 is 2.18 bits per heavy atom. The minimum atomic E-state index is -0.286. The molecule has 0 aliphatic heterocycles. The number of ether oxygens (including phenoxy) is 1. The summed E-state index contributed by atoms with van der Waals surface area (Å²) in [7, 11) is 0. The molecule has 0 N–H and O–H groups in total. The van der Waals surface area contributed by atoms with Crippen molar-refractivity contribution in [1.29, 1.82) is 0 Å². The standard InChI is InChI=1S/C17H13FN2OS/c18-13-3-7-15(8-4-13)21-14-5-1-12(2-6-14)16-9-10-19-17(11-22)20-16/h1-10,22H,11H2. The summed E-state index contributed by atoms with van der Waals surface area (Å²) in [5, 5.41) is 0. The van der Waals surface area contributed by atoms with Gasteiger partial charge in [-0.25, -0.2) is 14.4 Å². The molecular formula is C17H13FN2OS. The van der Waals surface area contributed by atoms with E-state index in [9.17, 15) is 4.39 Å². The van der Waals surface area contributed by atoms with Crippen LogP contribution in [0, 0.1) is 5.82 Å². The number of halogens is 1. The average Bonchev–Trinajstić information content (AvgIpc) is 2.58. The summed E-state index contributed by atoms with van der Waals surface area (Å²) >= 11 is 4.18. The third-order valence-electron chi connectivity index (χ3n) is 3.05. The van der Waals surface area contributed by atoms with Gasteiger partial charge in [-0.2, -0.15) is 12.6 Å². The highest BCUT2D eigenvalue weighted by Gasteiger charge is 2.03. The predicted molar refractivity (Wildman–Crippen MR) is 86.6 cm³/mol. The second-order valence-corrected chi connectivity index (χ2v) is 4.91. The van der Waals surface area contributed by atoms with Gasteiger partial charge in [-0.05, 0) is 54.6 Å². The molecule has 5 heteroatoms. The summed E-state index contributed by atoms with van der Waals surface area (Å²) in [6.07, 6.45) is 1.72. The Morgan fingerprint density at radius 2 is 1.55 bits per heavy atom. The van der Waals surface area contributed by atoms with Crippen LogP contribution in [0.4, 0.5) is 4.39 Å². The number of hydrogen-bond donors (Lipinski definition) is 1. The van der Waals surface area contributed by atoms with Crippen molar-refractivity contribution in [3.8, 4) is 22.8 Å². The molecule has 0 aliphatic carbocycles. The van der Waals surface area contributed by atoms with Crippen LogP contribution in [0.2, 0.25) is 0 Å². The number of hydrogen-bond acceptors (Lipinski definition) is 4. The normalized spacial score (nSPS) is 10.5. The molecule has 0 fully saturated rings. The highest BCUT2D eigenvalue weighted by atomic mass is 32.1. The summed E-state index contributed by atoms with van der Waals surface area (Å²) in [4.78, 5) is 8.54. The average molecular weight is 312 g/mol. The third kappa shape index (κ3) is 3.43. The molecule has 2 aromatic carbocycles. The SMILES string of the molecule is Fc1ccc(Oc2ccc(-c3ccnc(CS)n3)cc2)cc1. The predicted octanol–water partition coefficient (Wildman–Crippen LogP) is 4.50. The molecule has 0 aliphatic rings. The fourth-order valence-corrected chi connectivity index (χ4v) is 2.12. The first kappa shape index (κ1) is 14.5. The van der Waals surface area contributed by atoms with E-state index in [1.54, 1.807) is 18.3 Å². The van der Waals surface area contributed by atoms with Crippen molar-refractivity contribution < 1.29 is 9.13 Å². The van der Waals surface area contributed by atoms with Gasteiger partial charge in [-0.3, -0.25) is 0 Å². The Balaban J connectivity index is 1.78. The number of aromatic nitrogens is 2. The van der Waals surface area contributed by atoms with Gasteiger partial charge in [0.2, 0.25) is 0 Å². The van der Waals surface area contributed by atoms with Gasteiger partial charge in [-0.1, -0.05) is 0 Å². The van der Waals surface area contributed by atoms with Crippen molar-refractivity contribution >= 4 is 12.6 Å². The Hall–Kier alpha value is -2.40. The second kappa shape index (κ2) is 6.58. The van der Waals surface area contributed by atoms with Gasteiger partial charge >= 0.3 is 0 Å². The minimum Gasteiger partial charge on any atom is -0.457 e. The van der Waals surface area contributed by atoms with Crippen LogP contribution in [0.3, 0.4) is 0 Å². The van der Waals surface area contributed by atoms with Crippen molar-refractivity contribution in [2.75, 3.05) is 0 Å². The molecule has 0 unspecified atom stereocenters. The van der Waals surface area contributed by atoms with Crippen molar-refractivity contribution in [1.82, 2.24) is 9.97 Å². The topological polar surface area (TPSA) is 35.0 Å². The molecular weight excluding hydrogens is 299 g/mol. The molecule has 0 saturated carbocycles. The quantitative estimate of drug-likeness (QED) is 0.720. The van der Waals surface area contributed by atoms with E-state index >= 15 is 0 Å². The van der Waals surface area contributed by atoms with E-state index < -0.39 is 0 Å². The van der Waals surface area contributed by atoms with E-state index in [0.29, 0.717) is 23.1 Å². The van der Waals surface area contributed by atoms with Crippen LogP contribution >= 0.6 is 12.6 Å². The smallest absolute Gasteiger partial charge is 0.138 e. The minimum absolute atomic E-state index is 0.286. The van der Waals surface area contributed by atoms with Crippen molar-refractivity contribution in [3.05, 3.63) is 72.4 Å². The molecule has 110 valence electrons. The Morgan fingerprint density at radius 1 is 0.909 bits per heavy atom. The maximum Gasteiger partial charge on any atom is 0.138 e. The lowest BCUT2D eigenvalue weighted by Gasteiger charge is -2.07. The molecule has 1 aromatic heterocycles. The third-order valence-corrected chi connectivity index (χ3v) is 3.33. The highest BCUT2D eigenvalue weighted by molar-refractivity contribution is 7.79. The van der Waals surface area contributed by atoms with Crippen LogP contribution in [0.5, 0.6) is 11.5 Å². The van der Waals surface area contributed by atoms with Crippen molar-refractivity contribution in [2.45, 2.75) is 5.75 Å². The monoisotopic (exact) mass is 312 g/mol. The lowest BCUT2D eigenvalue weighted by molar-refractivity contribution is 0.480. The molecule has 0 atom stereocenters. The van der Waals surface area contributed by atoms with Crippen molar-refractivity contribution in [3.63, 3.8) is 0 Å². The second-order valence-electron chi connectivity index (χ2n) is 4.60. The molecule has 0 spiro atoms. The summed E-state index contributed by atoms with van der Waals surface area (Å²) in [6.45, 7) is 0. The van der Waals surface area contributed by atoms with E-state index in [4.69, 9.17) is 4.74 Å². The lowest BCUT2D eigenvalue weighted by Crippen LogP contribution is -1.93. The number of nitrogens with zero attached hydrogens (tertiary/aromatic N) is 2. The van der Waals surface area contributed by atoms with E-state index in [1.165, 1.54) is 12.1 Å². The van der Waals surface area contributed by atoms with E-state index in [-0.39, 0.29) is 5.82 Å². The van der Waals surface area contributed by atoms with Crippen LogP contribution < -0.4 is 4.74 Å². The molecule has 3 aromatic rings. The number of rotatable bonds is 4. The maximum absolute atomic E-state index is 12.9. The van der Waals surface area contributed by atoms with Crippen LogP contribution in [-0.4, -0.2) is 9.97 Å². The molecule has 1 heterocycles. The lowest BCUT2D eigenvalue weighted by atomic mass is 10.1. The van der Waals surface area contributed by atoms with Gasteiger partial charge in [-0.15, -0.1) is 0 Å². The fourth-order valence-electron chi connectivity index (χ4n) is 1.97. The van der Waals surface area contributed by atoms with Crippen molar-refractivity contribution in [2.24, 2.45) is 0 Å². The molecule has 0 bridgehead atoms. The Kier molecular flexibility index (Phi) is 4.34. The van der Waals surface area contributed by atoms with Gasteiger partial charge in [0, 0.05) is 11.8 Å². The fraction of sp³-hybridized carbons (Fsp3) is 0.0588. The summed E-state index contributed by atoms with van der Waals surface area (Å²) < 4.78 is 18.5. The van der Waals surface area contributed by atoms with Gasteiger partial charge in [0.15, 0.2) is 0 Å². The Bertz CT molecular complexity index is 760. The van der Waals surface area contributed by atoms with Gasteiger partial charge in [0.1, 0.15) is 23.1 Å². The van der Waals surface area contributed by atoms with E-state index in [2.05, 4.69) is 22.6 Å². The van der Waals surface area contributed by atoms with Gasteiger partial charge in [0.05, 0.1) is 11.4 Å². The maximum atomic E-state index is 12.9. The molecule has 3 rings (SSSR count). The molecule has 0 amide bonds. The number of thiol groups is 1. The zero-order valence-corrected chi connectivity index (χ0v) is 12.5. The molecule has 0 radical (unpaired) electrons. The Labute approximate surface area is 133 Å².